The summed E-state index contributed by atoms with van der Waals surface area (Å²) >= 11 is 0. The lowest BCUT2D eigenvalue weighted by Gasteiger charge is -2.04. The third-order valence-corrected chi connectivity index (χ3v) is 2.29. The van der Waals surface area contributed by atoms with Gasteiger partial charge < -0.3 is 10.4 Å². The summed E-state index contributed by atoms with van der Waals surface area (Å²) in [5.41, 5.74) is 1.87. The number of anilines is 1. The highest BCUT2D eigenvalue weighted by molar-refractivity contribution is 5.80. The molecule has 0 saturated heterocycles. The van der Waals surface area contributed by atoms with E-state index in [1.165, 1.54) is 0 Å². The first kappa shape index (κ1) is 9.93. The lowest BCUT2D eigenvalue weighted by molar-refractivity contribution is 0.282. The van der Waals surface area contributed by atoms with Gasteiger partial charge in [0, 0.05) is 11.9 Å². The number of aromatic nitrogens is 1. The fraction of sp³-hybridized carbons (Fsp3) is 0.250. The van der Waals surface area contributed by atoms with Gasteiger partial charge in [-0.2, -0.15) is 0 Å². The highest BCUT2D eigenvalue weighted by atomic mass is 16.3. The van der Waals surface area contributed by atoms with Gasteiger partial charge >= 0.3 is 0 Å². The second-order valence-corrected chi connectivity index (χ2v) is 3.41. The number of benzene rings is 1. The molecule has 2 aromatic rings. The molecule has 1 aromatic carbocycles. The van der Waals surface area contributed by atoms with Crippen LogP contribution in [0.25, 0.3) is 10.9 Å². The average molecular weight is 202 g/mol. The van der Waals surface area contributed by atoms with E-state index in [9.17, 15) is 0 Å². The summed E-state index contributed by atoms with van der Waals surface area (Å²) in [5, 5.41) is 13.2. The predicted molar refractivity (Wildman–Crippen MR) is 61.8 cm³/mol. The second kappa shape index (κ2) is 4.28. The molecule has 2 rings (SSSR count). The molecule has 0 radical (unpaired) electrons. The molecule has 15 heavy (non-hydrogen) atoms. The van der Waals surface area contributed by atoms with E-state index in [1.807, 2.05) is 37.3 Å². The largest absolute Gasteiger partial charge is 0.392 e. The number of hydrogen-bond acceptors (Lipinski definition) is 3. The Kier molecular flexibility index (Phi) is 2.83. The van der Waals surface area contributed by atoms with Crippen LogP contribution in [0.3, 0.4) is 0 Å². The minimum atomic E-state index is 0.0743. The van der Waals surface area contributed by atoms with Crippen molar-refractivity contribution in [2.45, 2.75) is 13.5 Å². The number of rotatable bonds is 3. The van der Waals surface area contributed by atoms with Crippen LogP contribution in [0.5, 0.6) is 0 Å². The van der Waals surface area contributed by atoms with Gasteiger partial charge in [-0.05, 0) is 36.8 Å². The van der Waals surface area contributed by atoms with Crippen molar-refractivity contribution in [3.63, 3.8) is 0 Å². The Morgan fingerprint density at radius 3 is 2.87 bits per heavy atom. The van der Waals surface area contributed by atoms with E-state index in [0.29, 0.717) is 0 Å². The third-order valence-electron chi connectivity index (χ3n) is 2.29. The lowest BCUT2D eigenvalue weighted by Crippen LogP contribution is -1.98. The van der Waals surface area contributed by atoms with E-state index in [0.717, 1.165) is 28.8 Å². The molecule has 1 heterocycles. The van der Waals surface area contributed by atoms with E-state index in [-0.39, 0.29) is 6.61 Å². The number of fused-ring (bicyclic) bond motifs is 1. The highest BCUT2D eigenvalue weighted by Gasteiger charge is 1.98. The third kappa shape index (κ3) is 2.07. The molecule has 0 atom stereocenters. The zero-order valence-corrected chi connectivity index (χ0v) is 8.70. The molecular formula is C12H14N2O. The summed E-state index contributed by atoms with van der Waals surface area (Å²) in [7, 11) is 0. The average Bonchev–Trinajstić information content (AvgIpc) is 2.29. The van der Waals surface area contributed by atoms with Gasteiger partial charge in [-0.25, -0.2) is 4.98 Å². The first-order chi connectivity index (χ1) is 7.33. The minimum Gasteiger partial charge on any atom is -0.392 e. The number of pyridine rings is 1. The van der Waals surface area contributed by atoms with Crippen molar-refractivity contribution in [1.82, 2.24) is 4.98 Å². The Morgan fingerprint density at radius 1 is 1.27 bits per heavy atom. The van der Waals surface area contributed by atoms with Gasteiger partial charge in [0.15, 0.2) is 0 Å². The number of nitrogens with zero attached hydrogens (tertiary/aromatic N) is 1. The molecular weight excluding hydrogens is 188 g/mol. The second-order valence-electron chi connectivity index (χ2n) is 3.41. The van der Waals surface area contributed by atoms with Crippen molar-refractivity contribution in [3.05, 3.63) is 35.9 Å². The maximum absolute atomic E-state index is 9.00. The lowest BCUT2D eigenvalue weighted by atomic mass is 10.1. The monoisotopic (exact) mass is 202 g/mol. The molecule has 0 amide bonds. The SMILES string of the molecule is CCNc1ccc2cc(CO)ccc2n1. The van der Waals surface area contributed by atoms with Crippen LogP contribution in [0.4, 0.5) is 5.82 Å². The number of nitrogens with one attached hydrogen (secondary N) is 1. The van der Waals surface area contributed by atoms with Gasteiger partial charge in [0.1, 0.15) is 5.82 Å². The number of aliphatic hydroxyl groups excluding tert-OH is 1. The van der Waals surface area contributed by atoms with Gasteiger partial charge in [-0.1, -0.05) is 6.07 Å². The molecule has 0 spiro atoms. The van der Waals surface area contributed by atoms with Gasteiger partial charge in [-0.15, -0.1) is 0 Å². The van der Waals surface area contributed by atoms with Crippen molar-refractivity contribution >= 4 is 16.7 Å². The number of hydrogen-bond donors (Lipinski definition) is 2. The fourth-order valence-electron chi connectivity index (χ4n) is 1.55. The Labute approximate surface area is 88.8 Å². The van der Waals surface area contributed by atoms with Crippen molar-refractivity contribution < 1.29 is 5.11 Å². The summed E-state index contributed by atoms with van der Waals surface area (Å²) < 4.78 is 0. The van der Waals surface area contributed by atoms with Crippen molar-refractivity contribution in [3.8, 4) is 0 Å². The van der Waals surface area contributed by atoms with Crippen molar-refractivity contribution in [2.75, 3.05) is 11.9 Å². The molecule has 1 aromatic heterocycles. The molecule has 3 nitrogen and oxygen atoms in total. The molecule has 3 heteroatoms. The van der Waals surface area contributed by atoms with Crippen LogP contribution in [-0.4, -0.2) is 16.6 Å². The standard InChI is InChI=1S/C12H14N2O/c1-2-13-12-6-4-10-7-9(8-15)3-5-11(10)14-12/h3-7,15H,2,8H2,1H3,(H,13,14). The molecule has 2 N–H and O–H groups in total. The Hall–Kier alpha value is -1.61. The van der Waals surface area contributed by atoms with Crippen LogP contribution >= 0.6 is 0 Å². The Morgan fingerprint density at radius 2 is 2.13 bits per heavy atom. The molecule has 0 aliphatic carbocycles. The van der Waals surface area contributed by atoms with E-state index >= 15 is 0 Å². The Balaban J connectivity index is 2.45. The number of aliphatic hydroxyl groups is 1. The molecule has 0 fully saturated rings. The quantitative estimate of drug-likeness (QED) is 0.801. The van der Waals surface area contributed by atoms with Crippen LogP contribution in [0.15, 0.2) is 30.3 Å². The first-order valence-electron chi connectivity index (χ1n) is 5.08. The van der Waals surface area contributed by atoms with Crippen LogP contribution in [0.2, 0.25) is 0 Å². The smallest absolute Gasteiger partial charge is 0.126 e. The van der Waals surface area contributed by atoms with Crippen LogP contribution in [0.1, 0.15) is 12.5 Å². The zero-order chi connectivity index (χ0) is 10.7. The van der Waals surface area contributed by atoms with E-state index in [2.05, 4.69) is 10.3 Å². The minimum absolute atomic E-state index is 0.0743. The van der Waals surface area contributed by atoms with Gasteiger partial charge in [0.05, 0.1) is 12.1 Å². The van der Waals surface area contributed by atoms with E-state index < -0.39 is 0 Å². The molecule has 0 aliphatic rings. The van der Waals surface area contributed by atoms with E-state index in [1.54, 1.807) is 0 Å². The summed E-state index contributed by atoms with van der Waals surface area (Å²) in [6.07, 6.45) is 0. The molecule has 0 bridgehead atoms. The van der Waals surface area contributed by atoms with Crippen molar-refractivity contribution in [1.29, 1.82) is 0 Å². The van der Waals surface area contributed by atoms with Crippen LogP contribution in [0, 0.1) is 0 Å². The summed E-state index contributed by atoms with van der Waals surface area (Å²) in [6.45, 7) is 2.98. The predicted octanol–water partition coefficient (Wildman–Crippen LogP) is 2.16. The summed E-state index contributed by atoms with van der Waals surface area (Å²) in [6, 6.07) is 9.75. The van der Waals surface area contributed by atoms with Gasteiger partial charge in [0.2, 0.25) is 0 Å². The zero-order valence-electron chi connectivity index (χ0n) is 8.70. The molecule has 0 aliphatic heterocycles. The maximum Gasteiger partial charge on any atom is 0.126 e. The van der Waals surface area contributed by atoms with Gasteiger partial charge in [-0.3, -0.25) is 0 Å². The topological polar surface area (TPSA) is 45.1 Å². The van der Waals surface area contributed by atoms with Crippen molar-refractivity contribution in [2.24, 2.45) is 0 Å². The summed E-state index contributed by atoms with van der Waals surface area (Å²) in [5.74, 6) is 0.891. The van der Waals surface area contributed by atoms with Crippen LogP contribution in [-0.2, 0) is 6.61 Å². The van der Waals surface area contributed by atoms with E-state index in [4.69, 9.17) is 5.11 Å². The van der Waals surface area contributed by atoms with Crippen LogP contribution < -0.4 is 5.32 Å². The summed E-state index contributed by atoms with van der Waals surface area (Å²) in [4.78, 5) is 4.45. The normalized spacial score (nSPS) is 10.5. The Bertz CT molecular complexity index is 468. The fourth-order valence-corrected chi connectivity index (χ4v) is 1.55. The molecule has 0 unspecified atom stereocenters. The first-order valence-corrected chi connectivity index (χ1v) is 5.08. The maximum atomic E-state index is 9.00. The molecule has 78 valence electrons. The van der Waals surface area contributed by atoms with Gasteiger partial charge in [0.25, 0.3) is 0 Å². The molecule has 0 saturated carbocycles. The highest BCUT2D eigenvalue weighted by Crippen LogP contribution is 2.16.